The van der Waals surface area contributed by atoms with Crippen molar-refractivity contribution in [1.29, 1.82) is 0 Å². The van der Waals surface area contributed by atoms with E-state index in [0.717, 1.165) is 28.9 Å². The van der Waals surface area contributed by atoms with E-state index in [1.54, 1.807) is 0 Å². The molecule has 2 bridgehead atoms. The third-order valence-electron chi connectivity index (χ3n) is 5.03. The minimum Gasteiger partial charge on any atom is -0.309 e. The molecule has 4 atom stereocenters. The zero-order valence-corrected chi connectivity index (χ0v) is 13.4. The Morgan fingerprint density at radius 2 is 2.26 bits per heavy atom. The first-order valence-electron chi connectivity index (χ1n) is 7.47. The number of halogens is 1. The molecule has 1 heterocycles. The molecule has 1 N–H and O–H groups in total. The van der Waals surface area contributed by atoms with Gasteiger partial charge in [0.25, 0.3) is 0 Å². The first-order valence-corrected chi connectivity index (χ1v) is 8.26. The Morgan fingerprint density at radius 3 is 2.79 bits per heavy atom. The highest BCUT2D eigenvalue weighted by Crippen LogP contribution is 2.51. The van der Waals surface area contributed by atoms with E-state index < -0.39 is 0 Å². The Kier molecular flexibility index (Phi) is 3.94. The van der Waals surface area contributed by atoms with Crippen LogP contribution in [-0.4, -0.2) is 21.5 Å². The molecule has 2 fully saturated rings. The summed E-state index contributed by atoms with van der Waals surface area (Å²) in [5, 5.41) is 11.9. The Balaban J connectivity index is 1.74. The van der Waals surface area contributed by atoms with Crippen LogP contribution in [0, 0.1) is 17.8 Å². The number of aromatic nitrogens is 3. The number of aryl methyl sites for hydroxylation is 1. The van der Waals surface area contributed by atoms with Crippen molar-refractivity contribution in [2.75, 3.05) is 6.54 Å². The molecule has 0 amide bonds. The smallest absolute Gasteiger partial charge is 0.153 e. The molecule has 0 aliphatic heterocycles. The van der Waals surface area contributed by atoms with E-state index in [2.05, 4.69) is 38.5 Å². The van der Waals surface area contributed by atoms with Crippen LogP contribution in [-0.2, 0) is 7.05 Å². The summed E-state index contributed by atoms with van der Waals surface area (Å²) in [6.45, 7) is 3.16. The van der Waals surface area contributed by atoms with Crippen LogP contribution < -0.4 is 5.32 Å². The van der Waals surface area contributed by atoms with Crippen molar-refractivity contribution in [3.8, 4) is 0 Å². The van der Waals surface area contributed by atoms with Crippen molar-refractivity contribution in [2.24, 2.45) is 24.8 Å². The van der Waals surface area contributed by atoms with Crippen molar-refractivity contribution < 1.29 is 0 Å². The van der Waals surface area contributed by atoms with Gasteiger partial charge in [0, 0.05) is 7.05 Å². The maximum atomic E-state index is 4.13. The largest absolute Gasteiger partial charge is 0.309 e. The molecule has 0 saturated heterocycles. The predicted molar refractivity (Wildman–Crippen MR) is 78.7 cm³/mol. The number of rotatable bonds is 5. The van der Waals surface area contributed by atoms with Gasteiger partial charge in [0.15, 0.2) is 4.60 Å². The second-order valence-corrected chi connectivity index (χ2v) is 6.92. The highest BCUT2D eigenvalue weighted by Gasteiger charge is 2.40. The van der Waals surface area contributed by atoms with Gasteiger partial charge in [-0.1, -0.05) is 18.6 Å². The normalized spacial score (nSPS) is 31.0. The van der Waals surface area contributed by atoms with Crippen LogP contribution >= 0.6 is 15.9 Å². The van der Waals surface area contributed by atoms with E-state index in [9.17, 15) is 0 Å². The standard InChI is InChI=1S/C14H23BrN4/c1-3-16-12(13-14(15)17-18-19(13)2)8-11-7-9-4-5-10(11)6-9/h9-12,16H,3-8H2,1-2H3. The van der Waals surface area contributed by atoms with Crippen molar-refractivity contribution in [3.63, 3.8) is 0 Å². The van der Waals surface area contributed by atoms with Gasteiger partial charge in [-0.3, -0.25) is 0 Å². The third-order valence-corrected chi connectivity index (χ3v) is 5.60. The van der Waals surface area contributed by atoms with E-state index in [-0.39, 0.29) is 0 Å². The van der Waals surface area contributed by atoms with Crippen LogP contribution in [0.2, 0.25) is 0 Å². The summed E-state index contributed by atoms with van der Waals surface area (Å²) in [5.74, 6) is 2.89. The van der Waals surface area contributed by atoms with Gasteiger partial charge >= 0.3 is 0 Å². The Bertz CT molecular complexity index is 425. The van der Waals surface area contributed by atoms with Crippen molar-refractivity contribution >= 4 is 15.9 Å². The summed E-state index contributed by atoms with van der Waals surface area (Å²) in [6.07, 6.45) is 7.08. The van der Waals surface area contributed by atoms with E-state index >= 15 is 0 Å². The highest BCUT2D eigenvalue weighted by molar-refractivity contribution is 9.10. The minimum absolute atomic E-state index is 0.378. The monoisotopic (exact) mass is 326 g/mol. The molecule has 0 spiro atoms. The number of nitrogens with one attached hydrogen (secondary N) is 1. The molecular formula is C14H23BrN4. The van der Waals surface area contributed by atoms with Crippen molar-refractivity contribution in [3.05, 3.63) is 10.3 Å². The van der Waals surface area contributed by atoms with Gasteiger partial charge in [0.05, 0.1) is 11.7 Å². The van der Waals surface area contributed by atoms with Gasteiger partial charge in [0.2, 0.25) is 0 Å². The van der Waals surface area contributed by atoms with Crippen molar-refractivity contribution in [2.45, 2.75) is 45.1 Å². The van der Waals surface area contributed by atoms with Gasteiger partial charge < -0.3 is 5.32 Å². The number of hydrogen-bond acceptors (Lipinski definition) is 3. The van der Waals surface area contributed by atoms with Gasteiger partial charge in [-0.15, -0.1) is 5.10 Å². The topological polar surface area (TPSA) is 42.7 Å². The average Bonchev–Trinajstić information content (AvgIpc) is 3.06. The molecule has 1 aromatic rings. The second-order valence-electron chi connectivity index (χ2n) is 6.17. The van der Waals surface area contributed by atoms with Gasteiger partial charge in [-0.05, 0) is 65.9 Å². The van der Waals surface area contributed by atoms with E-state index in [4.69, 9.17) is 0 Å². The predicted octanol–water partition coefficient (Wildman–Crippen LogP) is 3.05. The van der Waals surface area contributed by atoms with Crippen LogP contribution in [0.3, 0.4) is 0 Å². The van der Waals surface area contributed by atoms with Crippen LogP contribution in [0.15, 0.2) is 4.60 Å². The fourth-order valence-corrected chi connectivity index (χ4v) is 4.82. The first kappa shape index (κ1) is 13.6. The highest BCUT2D eigenvalue weighted by atomic mass is 79.9. The summed E-state index contributed by atoms with van der Waals surface area (Å²) in [5.41, 5.74) is 1.20. The molecule has 1 aromatic heterocycles. The molecular weight excluding hydrogens is 304 g/mol. The molecule has 5 heteroatoms. The van der Waals surface area contributed by atoms with E-state index in [0.29, 0.717) is 6.04 Å². The molecule has 2 saturated carbocycles. The molecule has 106 valence electrons. The molecule has 19 heavy (non-hydrogen) atoms. The Hall–Kier alpha value is -0.420. The SMILES string of the molecule is CCNC(CC1CC2CCC1C2)c1c(Br)nnn1C. The van der Waals surface area contributed by atoms with Gasteiger partial charge in [0.1, 0.15) is 0 Å². The molecule has 0 radical (unpaired) electrons. The first-order chi connectivity index (χ1) is 9.19. The lowest BCUT2D eigenvalue weighted by molar-refractivity contribution is 0.275. The zero-order chi connectivity index (χ0) is 13.4. The number of fused-ring (bicyclic) bond motifs is 2. The van der Waals surface area contributed by atoms with Crippen LogP contribution in [0.5, 0.6) is 0 Å². The van der Waals surface area contributed by atoms with Crippen LogP contribution in [0.1, 0.15) is 50.8 Å². The molecule has 2 aliphatic carbocycles. The van der Waals surface area contributed by atoms with Crippen LogP contribution in [0.25, 0.3) is 0 Å². The lowest BCUT2D eigenvalue weighted by Gasteiger charge is -2.27. The minimum atomic E-state index is 0.378. The Morgan fingerprint density at radius 1 is 1.42 bits per heavy atom. The summed E-state index contributed by atoms with van der Waals surface area (Å²) in [4.78, 5) is 0. The average molecular weight is 327 g/mol. The number of nitrogens with zero attached hydrogens (tertiary/aromatic N) is 3. The summed E-state index contributed by atoms with van der Waals surface area (Å²) >= 11 is 3.54. The second kappa shape index (κ2) is 5.52. The fourth-order valence-electron chi connectivity index (χ4n) is 4.21. The molecule has 3 rings (SSSR count). The van der Waals surface area contributed by atoms with Gasteiger partial charge in [-0.25, -0.2) is 4.68 Å². The Labute approximate surface area is 123 Å². The molecule has 0 aromatic carbocycles. The van der Waals surface area contributed by atoms with E-state index in [1.165, 1.54) is 37.8 Å². The van der Waals surface area contributed by atoms with Crippen molar-refractivity contribution in [1.82, 2.24) is 20.3 Å². The maximum Gasteiger partial charge on any atom is 0.153 e. The maximum absolute atomic E-state index is 4.13. The van der Waals surface area contributed by atoms with Gasteiger partial charge in [-0.2, -0.15) is 0 Å². The summed E-state index contributed by atoms with van der Waals surface area (Å²) in [6, 6.07) is 0.378. The molecule has 4 unspecified atom stereocenters. The van der Waals surface area contributed by atoms with E-state index in [1.807, 2.05) is 11.7 Å². The molecule has 2 aliphatic rings. The third kappa shape index (κ3) is 2.59. The fraction of sp³-hybridized carbons (Fsp3) is 0.857. The zero-order valence-electron chi connectivity index (χ0n) is 11.8. The lowest BCUT2D eigenvalue weighted by atomic mass is 9.83. The molecule has 4 nitrogen and oxygen atoms in total. The summed E-state index contributed by atoms with van der Waals surface area (Å²) in [7, 11) is 1.98. The quantitative estimate of drug-likeness (QED) is 0.904. The summed E-state index contributed by atoms with van der Waals surface area (Å²) < 4.78 is 2.80. The lowest BCUT2D eigenvalue weighted by Crippen LogP contribution is -2.27. The van der Waals surface area contributed by atoms with Crippen LogP contribution in [0.4, 0.5) is 0 Å². The number of hydrogen-bond donors (Lipinski definition) is 1.